The Kier molecular flexibility index (Phi) is 5.51. The minimum atomic E-state index is -0.388. The lowest BCUT2D eigenvalue weighted by molar-refractivity contribution is -0.121. The smallest absolute Gasteiger partial charge is 0.253 e. The number of benzene rings is 1. The zero-order valence-electron chi connectivity index (χ0n) is 13.1. The Labute approximate surface area is 133 Å². The number of ether oxygens (including phenoxy) is 1. The van der Waals surface area contributed by atoms with Gasteiger partial charge in [-0.2, -0.15) is 0 Å². The third kappa shape index (κ3) is 4.95. The van der Waals surface area contributed by atoms with Crippen LogP contribution in [0.4, 0.5) is 4.39 Å². The highest BCUT2D eigenvalue weighted by atomic mass is 19.1. The molecule has 23 heavy (non-hydrogen) atoms. The van der Waals surface area contributed by atoms with Gasteiger partial charge in [0.15, 0.2) is 0 Å². The largest absolute Gasteiger partial charge is 0.493 e. The third-order valence-corrected chi connectivity index (χ3v) is 3.35. The molecule has 1 heterocycles. The molecule has 0 spiro atoms. The van der Waals surface area contributed by atoms with Gasteiger partial charge in [-0.1, -0.05) is 6.07 Å². The first-order valence-corrected chi connectivity index (χ1v) is 7.30. The molecule has 2 N–H and O–H groups in total. The summed E-state index contributed by atoms with van der Waals surface area (Å²) >= 11 is 0. The van der Waals surface area contributed by atoms with E-state index in [4.69, 9.17) is 4.74 Å². The van der Waals surface area contributed by atoms with E-state index in [2.05, 4.69) is 10.3 Å². The number of carbonyl (C=O) groups is 1. The number of amides is 1. The molecule has 1 amide bonds. The minimum Gasteiger partial charge on any atom is -0.493 e. The minimum absolute atomic E-state index is 0.124. The van der Waals surface area contributed by atoms with E-state index in [-0.39, 0.29) is 36.9 Å². The summed E-state index contributed by atoms with van der Waals surface area (Å²) in [5, 5.41) is 2.68. The number of aromatic nitrogens is 1. The average Bonchev–Trinajstić information content (AvgIpc) is 2.46. The first-order valence-electron chi connectivity index (χ1n) is 7.30. The van der Waals surface area contributed by atoms with Crippen molar-refractivity contribution in [2.75, 3.05) is 6.61 Å². The molecule has 0 saturated carbocycles. The van der Waals surface area contributed by atoms with Crippen LogP contribution in [-0.2, 0) is 11.3 Å². The van der Waals surface area contributed by atoms with Crippen molar-refractivity contribution in [1.29, 1.82) is 0 Å². The van der Waals surface area contributed by atoms with Crippen LogP contribution in [0.1, 0.15) is 23.2 Å². The normalized spacial score (nSPS) is 10.4. The van der Waals surface area contributed by atoms with E-state index in [0.29, 0.717) is 11.3 Å². The Morgan fingerprint density at radius 1 is 1.30 bits per heavy atom. The summed E-state index contributed by atoms with van der Waals surface area (Å²) in [7, 11) is 0. The van der Waals surface area contributed by atoms with Crippen LogP contribution >= 0.6 is 0 Å². The second-order valence-corrected chi connectivity index (χ2v) is 5.28. The summed E-state index contributed by atoms with van der Waals surface area (Å²) < 4.78 is 18.3. The standard InChI is InChI=1S/C17H19FN2O3/c1-11-8-12(2)20-17(22)15(11)10-19-16(21)6-7-23-14-5-3-4-13(18)9-14/h3-5,8-9H,6-7,10H2,1-2H3,(H,19,21)(H,20,22). The second-order valence-electron chi connectivity index (χ2n) is 5.28. The number of H-pyrrole nitrogens is 1. The molecule has 1 aromatic heterocycles. The van der Waals surface area contributed by atoms with Gasteiger partial charge in [0, 0.05) is 23.9 Å². The molecule has 0 unspecified atom stereocenters. The molecule has 6 heteroatoms. The van der Waals surface area contributed by atoms with E-state index in [9.17, 15) is 14.0 Å². The van der Waals surface area contributed by atoms with Gasteiger partial charge >= 0.3 is 0 Å². The van der Waals surface area contributed by atoms with Gasteiger partial charge in [0.1, 0.15) is 11.6 Å². The molecular formula is C17H19FN2O3. The van der Waals surface area contributed by atoms with Crippen molar-refractivity contribution < 1.29 is 13.9 Å². The monoisotopic (exact) mass is 318 g/mol. The number of carbonyl (C=O) groups excluding carboxylic acids is 1. The van der Waals surface area contributed by atoms with Gasteiger partial charge < -0.3 is 15.0 Å². The average molecular weight is 318 g/mol. The lowest BCUT2D eigenvalue weighted by Gasteiger charge is -2.09. The van der Waals surface area contributed by atoms with Crippen molar-refractivity contribution in [1.82, 2.24) is 10.3 Å². The van der Waals surface area contributed by atoms with Gasteiger partial charge in [-0.25, -0.2) is 4.39 Å². The molecule has 0 aliphatic heterocycles. The van der Waals surface area contributed by atoms with Gasteiger partial charge in [-0.05, 0) is 37.6 Å². The number of pyridine rings is 1. The molecule has 2 aromatic rings. The van der Waals surface area contributed by atoms with E-state index < -0.39 is 0 Å². The topological polar surface area (TPSA) is 71.2 Å². The van der Waals surface area contributed by atoms with Crippen molar-refractivity contribution in [3.63, 3.8) is 0 Å². The van der Waals surface area contributed by atoms with Gasteiger partial charge in [0.2, 0.25) is 5.91 Å². The third-order valence-electron chi connectivity index (χ3n) is 3.35. The van der Waals surface area contributed by atoms with Gasteiger partial charge in [-0.15, -0.1) is 0 Å². The zero-order chi connectivity index (χ0) is 16.8. The van der Waals surface area contributed by atoms with Crippen LogP contribution < -0.4 is 15.6 Å². The second kappa shape index (κ2) is 7.58. The van der Waals surface area contributed by atoms with Crippen molar-refractivity contribution in [3.05, 3.63) is 63.3 Å². The van der Waals surface area contributed by atoms with Crippen LogP contribution in [0.2, 0.25) is 0 Å². The number of hydrogen-bond donors (Lipinski definition) is 2. The summed E-state index contributed by atoms with van der Waals surface area (Å²) in [6.07, 6.45) is 0.124. The van der Waals surface area contributed by atoms with Crippen molar-refractivity contribution in [2.45, 2.75) is 26.8 Å². The fourth-order valence-corrected chi connectivity index (χ4v) is 2.19. The Morgan fingerprint density at radius 3 is 2.78 bits per heavy atom. The highest BCUT2D eigenvalue weighted by Gasteiger charge is 2.08. The molecular weight excluding hydrogens is 299 g/mol. The highest BCUT2D eigenvalue weighted by Crippen LogP contribution is 2.12. The van der Waals surface area contributed by atoms with Crippen molar-refractivity contribution in [3.8, 4) is 5.75 Å². The Hall–Kier alpha value is -2.63. The Bertz CT molecular complexity index is 756. The molecule has 1 aromatic carbocycles. The predicted octanol–water partition coefficient (Wildman–Crippen LogP) is 2.22. The van der Waals surface area contributed by atoms with Crippen LogP contribution in [0.5, 0.6) is 5.75 Å². The quantitative estimate of drug-likeness (QED) is 0.858. The summed E-state index contributed by atoms with van der Waals surface area (Å²) in [5.74, 6) is -0.245. The van der Waals surface area contributed by atoms with Gasteiger partial charge in [0.25, 0.3) is 5.56 Å². The maximum atomic E-state index is 13.0. The summed E-state index contributed by atoms with van der Waals surface area (Å²) in [4.78, 5) is 26.3. The molecule has 122 valence electrons. The number of hydrogen-bond acceptors (Lipinski definition) is 3. The lowest BCUT2D eigenvalue weighted by Crippen LogP contribution is -2.28. The number of nitrogens with one attached hydrogen (secondary N) is 2. The van der Waals surface area contributed by atoms with E-state index in [0.717, 1.165) is 11.3 Å². The van der Waals surface area contributed by atoms with Crippen LogP contribution in [0.25, 0.3) is 0 Å². The van der Waals surface area contributed by atoms with E-state index in [1.165, 1.54) is 18.2 Å². The molecule has 0 atom stereocenters. The summed E-state index contributed by atoms with van der Waals surface area (Å²) in [5.41, 5.74) is 1.96. The molecule has 2 rings (SSSR count). The number of aromatic amines is 1. The summed E-state index contributed by atoms with van der Waals surface area (Å²) in [6, 6.07) is 7.59. The fraction of sp³-hybridized carbons (Fsp3) is 0.294. The maximum absolute atomic E-state index is 13.0. The lowest BCUT2D eigenvalue weighted by atomic mass is 10.1. The number of rotatable bonds is 6. The predicted molar refractivity (Wildman–Crippen MR) is 84.9 cm³/mol. The van der Waals surface area contributed by atoms with Crippen LogP contribution in [0, 0.1) is 19.7 Å². The highest BCUT2D eigenvalue weighted by molar-refractivity contribution is 5.76. The van der Waals surface area contributed by atoms with Gasteiger partial charge in [-0.3, -0.25) is 9.59 Å². The van der Waals surface area contributed by atoms with E-state index in [1.807, 2.05) is 13.0 Å². The van der Waals surface area contributed by atoms with Crippen LogP contribution in [0.15, 0.2) is 35.1 Å². The molecule has 5 nitrogen and oxygen atoms in total. The van der Waals surface area contributed by atoms with E-state index in [1.54, 1.807) is 13.0 Å². The molecule has 0 saturated heterocycles. The first-order chi connectivity index (χ1) is 11.0. The molecule has 0 aliphatic carbocycles. The first kappa shape index (κ1) is 16.7. The summed E-state index contributed by atoms with van der Waals surface area (Å²) in [6.45, 7) is 3.94. The fourth-order valence-electron chi connectivity index (χ4n) is 2.19. The van der Waals surface area contributed by atoms with Crippen molar-refractivity contribution in [2.24, 2.45) is 0 Å². The van der Waals surface area contributed by atoms with E-state index >= 15 is 0 Å². The zero-order valence-corrected chi connectivity index (χ0v) is 13.1. The van der Waals surface area contributed by atoms with Crippen LogP contribution in [-0.4, -0.2) is 17.5 Å². The van der Waals surface area contributed by atoms with Crippen LogP contribution in [0.3, 0.4) is 0 Å². The SMILES string of the molecule is Cc1cc(C)c(CNC(=O)CCOc2cccc(F)c2)c(=O)[nH]1. The molecule has 0 aliphatic rings. The Balaban J connectivity index is 1.81. The van der Waals surface area contributed by atoms with Crippen molar-refractivity contribution >= 4 is 5.91 Å². The Morgan fingerprint density at radius 2 is 2.09 bits per heavy atom. The van der Waals surface area contributed by atoms with Gasteiger partial charge in [0.05, 0.1) is 13.0 Å². The molecule has 0 bridgehead atoms. The molecule has 0 fully saturated rings. The number of aryl methyl sites for hydroxylation is 2. The molecule has 0 radical (unpaired) electrons. The maximum Gasteiger partial charge on any atom is 0.253 e. The number of halogens is 1.